The zero-order valence-corrected chi connectivity index (χ0v) is 19.0. The van der Waals surface area contributed by atoms with E-state index < -0.39 is 21.7 Å². The van der Waals surface area contributed by atoms with Crippen molar-refractivity contribution in [1.29, 1.82) is 0 Å². The maximum Gasteiger partial charge on any atom is 0.510 e. The molecule has 1 aliphatic heterocycles. The maximum atomic E-state index is 13.2. The summed E-state index contributed by atoms with van der Waals surface area (Å²) < 4.78 is 39.6. The van der Waals surface area contributed by atoms with Crippen LogP contribution in [0.4, 0.5) is 4.79 Å². The van der Waals surface area contributed by atoms with Crippen molar-refractivity contribution in [3.05, 3.63) is 40.3 Å². The zero-order valence-electron chi connectivity index (χ0n) is 18.2. The lowest BCUT2D eigenvalue weighted by atomic mass is 9.98. The lowest BCUT2D eigenvalue weighted by molar-refractivity contribution is -0.00415. The van der Waals surface area contributed by atoms with Crippen molar-refractivity contribution in [3.63, 3.8) is 0 Å². The summed E-state index contributed by atoms with van der Waals surface area (Å²) in [6.45, 7) is 2.03. The van der Waals surface area contributed by atoms with Crippen LogP contribution in [0.3, 0.4) is 0 Å². The Morgan fingerprint density at radius 1 is 1.19 bits per heavy atom. The molecule has 4 rings (SSSR count). The van der Waals surface area contributed by atoms with Crippen LogP contribution in [0.25, 0.3) is 10.8 Å². The molecule has 0 bridgehead atoms. The minimum atomic E-state index is -3.79. The molecule has 10 heteroatoms. The lowest BCUT2D eigenvalue weighted by Gasteiger charge is -2.21. The molecule has 2 aromatic rings. The minimum Gasteiger partial charge on any atom is -0.431 e. The number of fused-ring (bicyclic) bond motifs is 1. The number of benzene rings is 1. The lowest BCUT2D eigenvalue weighted by Crippen LogP contribution is -2.32. The monoisotopic (exact) mass is 463 g/mol. The van der Waals surface area contributed by atoms with Crippen molar-refractivity contribution < 1.29 is 22.7 Å². The highest BCUT2D eigenvalue weighted by Crippen LogP contribution is 2.28. The van der Waals surface area contributed by atoms with Crippen LogP contribution in [0, 0.1) is 6.92 Å². The summed E-state index contributed by atoms with van der Waals surface area (Å²) in [5.74, 6) is 0. The van der Waals surface area contributed by atoms with Gasteiger partial charge in [0.1, 0.15) is 6.10 Å². The number of pyridine rings is 1. The Morgan fingerprint density at radius 2 is 1.94 bits per heavy atom. The Morgan fingerprint density at radius 3 is 2.62 bits per heavy atom. The van der Waals surface area contributed by atoms with Crippen molar-refractivity contribution in [2.45, 2.75) is 69.2 Å². The van der Waals surface area contributed by atoms with E-state index in [1.54, 1.807) is 19.1 Å². The van der Waals surface area contributed by atoms with Gasteiger partial charge in [0.2, 0.25) is 10.0 Å². The van der Waals surface area contributed by atoms with Gasteiger partial charge in [-0.15, -0.1) is 0 Å². The van der Waals surface area contributed by atoms with E-state index in [2.05, 4.69) is 0 Å². The van der Waals surface area contributed by atoms with E-state index in [1.165, 1.54) is 21.1 Å². The van der Waals surface area contributed by atoms with E-state index in [-0.39, 0.29) is 35.7 Å². The molecule has 1 saturated heterocycles. The Balaban J connectivity index is 1.58. The summed E-state index contributed by atoms with van der Waals surface area (Å²) >= 11 is 0. The molecule has 0 radical (unpaired) electrons. The Hall–Kier alpha value is -2.43. The van der Waals surface area contributed by atoms with Gasteiger partial charge in [0.25, 0.3) is 5.56 Å². The summed E-state index contributed by atoms with van der Waals surface area (Å²) in [4.78, 5) is 25.2. The fraction of sp³-hybridized carbons (Fsp3) is 0.545. The molecule has 9 nitrogen and oxygen atoms in total. The van der Waals surface area contributed by atoms with Crippen LogP contribution in [0.2, 0.25) is 0 Å². The molecule has 2 heterocycles. The molecule has 174 valence electrons. The predicted molar refractivity (Wildman–Crippen MR) is 119 cm³/mol. The molecule has 1 aromatic heterocycles. The first-order chi connectivity index (χ1) is 15.3. The molecule has 0 spiro atoms. The van der Waals surface area contributed by atoms with E-state index >= 15 is 0 Å². The highest BCUT2D eigenvalue weighted by atomic mass is 32.2. The van der Waals surface area contributed by atoms with E-state index in [4.69, 9.17) is 15.2 Å². The van der Waals surface area contributed by atoms with Gasteiger partial charge in [-0.3, -0.25) is 9.36 Å². The number of hydrogen-bond donors (Lipinski definition) is 1. The average Bonchev–Trinajstić information content (AvgIpc) is 3.22. The molecule has 1 saturated carbocycles. The second kappa shape index (κ2) is 9.21. The molecule has 1 atom stereocenters. The largest absolute Gasteiger partial charge is 0.510 e. The first kappa shape index (κ1) is 22.8. The predicted octanol–water partition coefficient (Wildman–Crippen LogP) is 2.48. The number of aromatic nitrogens is 1. The first-order valence-electron chi connectivity index (χ1n) is 11.0. The number of nitrogens with two attached hydrogens (primary N) is 1. The third kappa shape index (κ3) is 4.53. The number of carbonyl (C=O) groups excluding carboxylic acids is 1. The number of ether oxygens (including phenoxy) is 2. The van der Waals surface area contributed by atoms with Gasteiger partial charge in [0.05, 0.1) is 4.90 Å². The highest BCUT2D eigenvalue weighted by molar-refractivity contribution is 7.89. The molecule has 1 aliphatic carbocycles. The normalized spacial score (nSPS) is 20.5. The summed E-state index contributed by atoms with van der Waals surface area (Å²) in [5.41, 5.74) is 6.04. The van der Waals surface area contributed by atoms with Crippen LogP contribution in [0.15, 0.2) is 34.1 Å². The molecule has 1 unspecified atom stereocenters. The average molecular weight is 464 g/mol. The van der Waals surface area contributed by atoms with Gasteiger partial charge >= 0.3 is 6.16 Å². The van der Waals surface area contributed by atoms with E-state index in [0.717, 1.165) is 32.1 Å². The number of rotatable bonds is 5. The smallest absolute Gasteiger partial charge is 0.431 e. The van der Waals surface area contributed by atoms with Gasteiger partial charge in [0, 0.05) is 36.1 Å². The van der Waals surface area contributed by atoms with Crippen LogP contribution in [0.1, 0.15) is 44.1 Å². The van der Waals surface area contributed by atoms with Crippen LogP contribution < -0.4 is 11.3 Å². The molecule has 0 amide bonds. The highest BCUT2D eigenvalue weighted by Gasteiger charge is 2.32. The molecule has 2 N–H and O–H groups in total. The van der Waals surface area contributed by atoms with Crippen molar-refractivity contribution in [2.75, 3.05) is 13.1 Å². The van der Waals surface area contributed by atoms with Gasteiger partial charge in [-0.1, -0.05) is 12.5 Å². The van der Waals surface area contributed by atoms with Gasteiger partial charge in [-0.25, -0.2) is 13.2 Å². The first-order valence-corrected chi connectivity index (χ1v) is 12.4. The second-order valence-corrected chi connectivity index (χ2v) is 10.5. The topological polar surface area (TPSA) is 121 Å². The Kier molecular flexibility index (Phi) is 6.55. The number of carbonyl (C=O) groups is 1. The van der Waals surface area contributed by atoms with Crippen LogP contribution in [-0.4, -0.2) is 48.7 Å². The molecular weight excluding hydrogens is 434 g/mol. The third-order valence-electron chi connectivity index (χ3n) is 6.20. The molecule has 2 aliphatic rings. The maximum absolute atomic E-state index is 13.2. The van der Waals surface area contributed by atoms with Crippen molar-refractivity contribution in [2.24, 2.45) is 5.73 Å². The van der Waals surface area contributed by atoms with Gasteiger partial charge in [-0.2, -0.15) is 4.31 Å². The summed E-state index contributed by atoms with van der Waals surface area (Å²) in [6, 6.07) is 4.45. The third-order valence-corrected chi connectivity index (χ3v) is 8.11. The molecule has 1 aromatic carbocycles. The zero-order chi connectivity index (χ0) is 22.9. The van der Waals surface area contributed by atoms with E-state index in [0.29, 0.717) is 23.9 Å². The van der Waals surface area contributed by atoms with Crippen LogP contribution in [-0.2, 0) is 26.2 Å². The van der Waals surface area contributed by atoms with Gasteiger partial charge in [0.15, 0.2) is 6.73 Å². The van der Waals surface area contributed by atoms with Crippen LogP contribution in [0.5, 0.6) is 0 Å². The quantitative estimate of drug-likeness (QED) is 0.676. The van der Waals surface area contributed by atoms with E-state index in [1.807, 2.05) is 0 Å². The van der Waals surface area contributed by atoms with E-state index in [9.17, 15) is 18.0 Å². The standard InChI is InChI=1S/C22H29N3O6S/c1-15-12-24(14-30-22(27)31-17-6-3-2-4-7-17)21(26)18-8-5-9-19(20(15)18)32(28,29)25-11-10-16(23)13-25/h5,8-9,12,16-17H,2-4,6-7,10-11,13-14,23H2,1H3. The van der Waals surface area contributed by atoms with Crippen molar-refractivity contribution in [1.82, 2.24) is 8.87 Å². The fourth-order valence-corrected chi connectivity index (χ4v) is 6.32. The van der Waals surface area contributed by atoms with Crippen LogP contribution >= 0.6 is 0 Å². The SMILES string of the molecule is Cc1cn(COC(=O)OC2CCCCC2)c(=O)c2cccc(S(=O)(=O)N3CCC(N)C3)c12. The minimum absolute atomic E-state index is 0.0866. The Labute approximate surface area is 187 Å². The van der Waals surface area contributed by atoms with Gasteiger partial charge in [-0.05, 0) is 56.7 Å². The number of hydrogen-bond acceptors (Lipinski definition) is 7. The van der Waals surface area contributed by atoms with Gasteiger partial charge < -0.3 is 15.2 Å². The number of nitrogens with zero attached hydrogens (tertiary/aromatic N) is 2. The van der Waals surface area contributed by atoms with Crippen molar-refractivity contribution >= 4 is 27.0 Å². The Bertz CT molecular complexity index is 1170. The summed E-state index contributed by atoms with van der Waals surface area (Å²) in [7, 11) is -3.79. The molecule has 2 fully saturated rings. The molecule has 32 heavy (non-hydrogen) atoms. The summed E-state index contributed by atoms with van der Waals surface area (Å²) in [5, 5.41) is 0.623. The van der Waals surface area contributed by atoms with Crippen molar-refractivity contribution in [3.8, 4) is 0 Å². The number of aryl methyl sites for hydroxylation is 1. The molecular formula is C22H29N3O6S. The second-order valence-electron chi connectivity index (χ2n) is 8.58. The number of sulfonamides is 1. The fourth-order valence-electron chi connectivity index (χ4n) is 4.53. The summed E-state index contributed by atoms with van der Waals surface area (Å²) in [6.07, 6.45) is 6.00.